The quantitative estimate of drug-likeness (QED) is 0.846. The molecule has 0 atom stereocenters. The van der Waals surface area contributed by atoms with E-state index in [0.717, 1.165) is 12.8 Å². The van der Waals surface area contributed by atoms with E-state index in [2.05, 4.69) is 5.32 Å². The van der Waals surface area contributed by atoms with Crippen LogP contribution in [-0.4, -0.2) is 34.1 Å². The van der Waals surface area contributed by atoms with Crippen LogP contribution >= 0.6 is 10.7 Å². The lowest BCUT2D eigenvalue weighted by Gasteiger charge is -2.21. The second-order valence-corrected chi connectivity index (χ2v) is 7.65. The van der Waals surface area contributed by atoms with Crippen molar-refractivity contribution in [1.29, 1.82) is 0 Å². The Morgan fingerprint density at radius 2 is 2.00 bits per heavy atom. The van der Waals surface area contributed by atoms with Gasteiger partial charge in [-0.15, -0.1) is 0 Å². The molecule has 1 saturated carbocycles. The van der Waals surface area contributed by atoms with E-state index in [1.165, 1.54) is 12.1 Å². The third-order valence-electron chi connectivity index (χ3n) is 3.39. The number of hydrogen-bond acceptors (Lipinski definition) is 5. The number of nitrogens with one attached hydrogen (secondary N) is 1. The molecule has 0 radical (unpaired) electrons. The molecule has 1 N–H and O–H groups in total. The Bertz CT molecular complexity index is 684. The van der Waals surface area contributed by atoms with Crippen molar-refractivity contribution in [1.82, 2.24) is 5.32 Å². The van der Waals surface area contributed by atoms with Gasteiger partial charge in [0.2, 0.25) is 0 Å². The molecule has 114 valence electrons. The zero-order chi connectivity index (χ0) is 15.0. The van der Waals surface area contributed by atoms with Crippen molar-refractivity contribution in [2.45, 2.75) is 17.7 Å². The van der Waals surface area contributed by atoms with Crippen molar-refractivity contribution < 1.29 is 22.7 Å². The number of ether oxygens (including phenoxy) is 2. The van der Waals surface area contributed by atoms with Gasteiger partial charge in [0.05, 0.1) is 10.5 Å². The largest absolute Gasteiger partial charge is 0.486 e. The second kappa shape index (κ2) is 5.38. The summed E-state index contributed by atoms with van der Waals surface area (Å²) in [7, 11) is 1.40. The van der Waals surface area contributed by atoms with Crippen LogP contribution in [0.15, 0.2) is 17.0 Å². The minimum absolute atomic E-state index is 0.132. The zero-order valence-corrected chi connectivity index (χ0v) is 12.7. The maximum Gasteiger partial charge on any atom is 0.261 e. The van der Waals surface area contributed by atoms with Crippen LogP contribution in [0.4, 0.5) is 0 Å². The Morgan fingerprint density at radius 1 is 1.29 bits per heavy atom. The van der Waals surface area contributed by atoms with Gasteiger partial charge >= 0.3 is 0 Å². The number of halogens is 1. The highest BCUT2D eigenvalue weighted by molar-refractivity contribution is 8.13. The van der Waals surface area contributed by atoms with Crippen LogP contribution in [0.3, 0.4) is 0 Å². The molecule has 8 heteroatoms. The molecule has 1 aliphatic carbocycles. The summed E-state index contributed by atoms with van der Waals surface area (Å²) >= 11 is 0. The lowest BCUT2D eigenvalue weighted by Crippen LogP contribution is -2.27. The summed E-state index contributed by atoms with van der Waals surface area (Å²) in [4.78, 5) is 12.1. The fourth-order valence-electron chi connectivity index (χ4n) is 2.09. The third-order valence-corrected chi connectivity index (χ3v) is 4.72. The molecule has 0 spiro atoms. The average molecular weight is 332 g/mol. The molecule has 0 aromatic heterocycles. The van der Waals surface area contributed by atoms with Crippen molar-refractivity contribution in [3.8, 4) is 11.5 Å². The zero-order valence-electron chi connectivity index (χ0n) is 11.1. The molecule has 0 bridgehead atoms. The Kier molecular flexibility index (Phi) is 3.71. The first-order valence-corrected chi connectivity index (χ1v) is 8.92. The minimum Gasteiger partial charge on any atom is -0.486 e. The molecule has 21 heavy (non-hydrogen) atoms. The van der Waals surface area contributed by atoms with E-state index in [4.69, 9.17) is 20.2 Å². The van der Waals surface area contributed by atoms with Gasteiger partial charge in [0.15, 0.2) is 11.5 Å². The second-order valence-electron chi connectivity index (χ2n) is 5.09. The molecule has 6 nitrogen and oxygen atoms in total. The molecule has 1 aromatic rings. The molecule has 1 heterocycles. The van der Waals surface area contributed by atoms with E-state index in [-0.39, 0.29) is 27.9 Å². The normalized spacial score (nSPS) is 17.4. The number of carbonyl (C=O) groups is 1. The number of amides is 1. The van der Waals surface area contributed by atoms with Crippen LogP contribution in [0, 0.1) is 5.92 Å². The predicted octanol–water partition coefficient (Wildman–Crippen LogP) is 1.53. The standard InChI is InChI=1S/C13H14ClNO5S/c14-21(17,18)9-5-10(13(16)15-7-8-1-2-8)12-11(6-9)19-3-4-20-12/h5-6,8H,1-4,7H2,(H,15,16). The monoisotopic (exact) mass is 331 g/mol. The summed E-state index contributed by atoms with van der Waals surface area (Å²) in [5, 5.41) is 2.78. The van der Waals surface area contributed by atoms with Gasteiger partial charge < -0.3 is 14.8 Å². The number of hydrogen-bond donors (Lipinski definition) is 1. The van der Waals surface area contributed by atoms with Crippen LogP contribution in [0.5, 0.6) is 11.5 Å². The SMILES string of the molecule is O=C(NCC1CC1)c1cc(S(=O)(=O)Cl)cc2c1OCCO2. The van der Waals surface area contributed by atoms with Gasteiger partial charge in [0.25, 0.3) is 15.0 Å². The van der Waals surface area contributed by atoms with E-state index in [1.807, 2.05) is 0 Å². The highest BCUT2D eigenvalue weighted by Gasteiger charge is 2.27. The first-order valence-electron chi connectivity index (χ1n) is 6.61. The van der Waals surface area contributed by atoms with E-state index in [1.54, 1.807) is 0 Å². The molecule has 0 saturated heterocycles. The summed E-state index contributed by atoms with van der Waals surface area (Å²) in [5.41, 5.74) is 0.132. The molecular formula is C13H14ClNO5S. The van der Waals surface area contributed by atoms with Gasteiger partial charge in [0, 0.05) is 23.3 Å². The van der Waals surface area contributed by atoms with Crippen LogP contribution < -0.4 is 14.8 Å². The van der Waals surface area contributed by atoms with Gasteiger partial charge in [-0.05, 0) is 24.8 Å². The Labute approximate surface area is 126 Å². The summed E-state index contributed by atoms with van der Waals surface area (Å²) in [6.07, 6.45) is 2.21. The van der Waals surface area contributed by atoms with Crippen molar-refractivity contribution in [2.75, 3.05) is 19.8 Å². The summed E-state index contributed by atoms with van der Waals surface area (Å²) in [5.74, 6) is 0.617. The van der Waals surface area contributed by atoms with Crippen molar-refractivity contribution in [2.24, 2.45) is 5.92 Å². The Morgan fingerprint density at radius 3 is 2.67 bits per heavy atom. The van der Waals surface area contributed by atoms with Crippen molar-refractivity contribution in [3.05, 3.63) is 17.7 Å². The van der Waals surface area contributed by atoms with Crippen LogP contribution in [0.1, 0.15) is 23.2 Å². The predicted molar refractivity (Wildman–Crippen MR) is 75.5 cm³/mol. The molecule has 1 aliphatic heterocycles. The average Bonchev–Trinajstić information content (AvgIpc) is 3.26. The molecule has 1 amide bonds. The number of rotatable bonds is 4. The lowest BCUT2D eigenvalue weighted by atomic mass is 10.1. The highest BCUT2D eigenvalue weighted by Crippen LogP contribution is 2.37. The smallest absolute Gasteiger partial charge is 0.261 e. The van der Waals surface area contributed by atoms with Gasteiger partial charge in [-0.1, -0.05) is 0 Å². The number of carbonyl (C=O) groups excluding carboxylic acids is 1. The molecule has 3 rings (SSSR count). The fourth-order valence-corrected chi connectivity index (χ4v) is 2.87. The Balaban J connectivity index is 1.97. The van der Waals surface area contributed by atoms with Crippen molar-refractivity contribution >= 4 is 25.6 Å². The van der Waals surface area contributed by atoms with Crippen LogP contribution in [0.2, 0.25) is 0 Å². The topological polar surface area (TPSA) is 81.7 Å². The van der Waals surface area contributed by atoms with Crippen LogP contribution in [0.25, 0.3) is 0 Å². The number of benzene rings is 1. The highest BCUT2D eigenvalue weighted by atomic mass is 35.7. The van der Waals surface area contributed by atoms with E-state index in [0.29, 0.717) is 25.7 Å². The van der Waals surface area contributed by atoms with Gasteiger partial charge in [-0.25, -0.2) is 8.42 Å². The van der Waals surface area contributed by atoms with Crippen LogP contribution in [-0.2, 0) is 9.05 Å². The maximum atomic E-state index is 12.2. The first kappa shape index (κ1) is 14.5. The number of fused-ring (bicyclic) bond motifs is 1. The summed E-state index contributed by atoms with van der Waals surface area (Å²) in [6.45, 7) is 1.18. The maximum absolute atomic E-state index is 12.2. The molecule has 2 aliphatic rings. The fraction of sp³-hybridized carbons (Fsp3) is 0.462. The molecule has 1 aromatic carbocycles. The lowest BCUT2D eigenvalue weighted by molar-refractivity contribution is 0.0940. The van der Waals surface area contributed by atoms with Gasteiger partial charge in [-0.2, -0.15) is 0 Å². The first-order chi connectivity index (χ1) is 9.95. The van der Waals surface area contributed by atoms with Gasteiger partial charge in [0.1, 0.15) is 13.2 Å². The minimum atomic E-state index is -3.95. The van der Waals surface area contributed by atoms with E-state index >= 15 is 0 Å². The summed E-state index contributed by atoms with van der Waals surface area (Å²) in [6, 6.07) is 2.49. The van der Waals surface area contributed by atoms with E-state index in [9.17, 15) is 13.2 Å². The van der Waals surface area contributed by atoms with Gasteiger partial charge in [-0.3, -0.25) is 4.79 Å². The Hall–Kier alpha value is -1.47. The van der Waals surface area contributed by atoms with Crippen molar-refractivity contribution in [3.63, 3.8) is 0 Å². The molecule has 1 fully saturated rings. The molecule has 0 unspecified atom stereocenters. The van der Waals surface area contributed by atoms with E-state index < -0.39 is 9.05 Å². The summed E-state index contributed by atoms with van der Waals surface area (Å²) < 4.78 is 33.8. The molecular weight excluding hydrogens is 318 g/mol. The third kappa shape index (κ3) is 3.24.